The summed E-state index contributed by atoms with van der Waals surface area (Å²) in [6.45, 7) is 3.62. The second-order valence-corrected chi connectivity index (χ2v) is 8.16. The average molecular weight is 441 g/mol. The summed E-state index contributed by atoms with van der Waals surface area (Å²) >= 11 is 0. The van der Waals surface area contributed by atoms with Crippen LogP contribution in [0.3, 0.4) is 0 Å². The van der Waals surface area contributed by atoms with Gasteiger partial charge in [0.15, 0.2) is 0 Å². The molecule has 5 heteroatoms. The molecule has 0 spiro atoms. The number of hydrogen-bond donors (Lipinski definition) is 1. The number of rotatable bonds is 12. The van der Waals surface area contributed by atoms with Crippen LogP contribution in [0, 0.1) is 0 Å². The van der Waals surface area contributed by atoms with Crippen molar-refractivity contribution < 1.29 is 24.1 Å². The van der Waals surface area contributed by atoms with Crippen molar-refractivity contribution in [1.29, 1.82) is 0 Å². The van der Waals surface area contributed by atoms with E-state index < -0.39 is 6.10 Å². The Morgan fingerprint density at radius 1 is 0.938 bits per heavy atom. The van der Waals surface area contributed by atoms with Crippen LogP contribution < -0.4 is 4.74 Å². The molecule has 2 aromatic carbocycles. The Bertz CT molecular complexity index is 789. The molecule has 1 heterocycles. The van der Waals surface area contributed by atoms with Gasteiger partial charge >= 0.3 is 0 Å². The largest absolute Gasteiger partial charge is 0.497 e. The highest BCUT2D eigenvalue weighted by Gasteiger charge is 2.29. The summed E-state index contributed by atoms with van der Waals surface area (Å²) in [6.07, 6.45) is 6.18. The third kappa shape index (κ3) is 7.75. The maximum absolute atomic E-state index is 10.4. The van der Waals surface area contributed by atoms with Gasteiger partial charge in [-0.25, -0.2) is 0 Å². The molecule has 0 saturated heterocycles. The quantitative estimate of drug-likeness (QED) is 0.369. The maximum Gasteiger partial charge on any atom is 0.118 e. The molecular formula is C27H36O5. The number of methoxy groups -OCH3 is 1. The van der Waals surface area contributed by atoms with Crippen molar-refractivity contribution in [2.24, 2.45) is 0 Å². The molecule has 1 aliphatic heterocycles. The minimum atomic E-state index is -0.475. The fraction of sp³-hybridized carbons (Fsp3) is 0.481. The van der Waals surface area contributed by atoms with Gasteiger partial charge in [0, 0.05) is 6.61 Å². The summed E-state index contributed by atoms with van der Waals surface area (Å²) in [7, 11) is 1.66. The highest BCUT2D eigenvalue weighted by Crippen LogP contribution is 2.24. The van der Waals surface area contributed by atoms with Crippen LogP contribution in [0.25, 0.3) is 0 Å². The molecule has 0 radical (unpaired) electrons. The monoisotopic (exact) mass is 440 g/mol. The topological polar surface area (TPSA) is 57.2 Å². The van der Waals surface area contributed by atoms with Crippen molar-refractivity contribution in [3.8, 4) is 5.75 Å². The van der Waals surface area contributed by atoms with E-state index in [0.29, 0.717) is 26.2 Å². The minimum Gasteiger partial charge on any atom is -0.497 e. The lowest BCUT2D eigenvalue weighted by Crippen LogP contribution is -2.38. The number of hydrogen-bond acceptors (Lipinski definition) is 5. The van der Waals surface area contributed by atoms with Crippen LogP contribution >= 0.6 is 0 Å². The molecule has 32 heavy (non-hydrogen) atoms. The van der Waals surface area contributed by atoms with Gasteiger partial charge in [-0.05, 0) is 48.9 Å². The zero-order chi connectivity index (χ0) is 22.6. The highest BCUT2D eigenvalue weighted by molar-refractivity contribution is 5.26. The number of benzene rings is 2. The van der Waals surface area contributed by atoms with Gasteiger partial charge in [0.05, 0.1) is 44.7 Å². The molecule has 1 N–H and O–H groups in total. The minimum absolute atomic E-state index is 0.126. The van der Waals surface area contributed by atoms with E-state index in [2.05, 4.69) is 24.3 Å². The van der Waals surface area contributed by atoms with Crippen LogP contribution in [0.4, 0.5) is 0 Å². The van der Waals surface area contributed by atoms with Crippen molar-refractivity contribution >= 4 is 0 Å². The average Bonchev–Trinajstić information content (AvgIpc) is 3.10. The fourth-order valence-electron chi connectivity index (χ4n) is 3.81. The first-order valence-electron chi connectivity index (χ1n) is 11.5. The molecule has 1 aliphatic rings. The van der Waals surface area contributed by atoms with Gasteiger partial charge in [-0.1, -0.05) is 61.5 Å². The van der Waals surface area contributed by atoms with Gasteiger partial charge in [-0.3, -0.25) is 0 Å². The molecule has 3 rings (SSSR count). The van der Waals surface area contributed by atoms with Crippen LogP contribution in [-0.2, 0) is 27.4 Å². The second kappa shape index (κ2) is 13.4. The predicted octanol–water partition coefficient (Wildman–Crippen LogP) is 5.06. The molecule has 0 fully saturated rings. The smallest absolute Gasteiger partial charge is 0.118 e. The van der Waals surface area contributed by atoms with Crippen molar-refractivity contribution in [1.82, 2.24) is 0 Å². The van der Waals surface area contributed by atoms with E-state index >= 15 is 0 Å². The van der Waals surface area contributed by atoms with Crippen molar-refractivity contribution in [3.63, 3.8) is 0 Å². The zero-order valence-electron chi connectivity index (χ0n) is 19.2. The summed E-state index contributed by atoms with van der Waals surface area (Å²) < 4.78 is 23.9. The van der Waals surface area contributed by atoms with E-state index in [0.717, 1.165) is 36.1 Å². The van der Waals surface area contributed by atoms with E-state index in [1.807, 2.05) is 49.4 Å². The Hall–Kier alpha value is -2.18. The molecule has 4 atom stereocenters. The van der Waals surface area contributed by atoms with E-state index in [-0.39, 0.29) is 18.3 Å². The van der Waals surface area contributed by atoms with Crippen LogP contribution in [0.2, 0.25) is 0 Å². The lowest BCUT2D eigenvalue weighted by molar-refractivity contribution is -0.136. The molecule has 2 aromatic rings. The maximum atomic E-state index is 10.4. The Balaban J connectivity index is 1.61. The Morgan fingerprint density at radius 3 is 2.31 bits per heavy atom. The summed E-state index contributed by atoms with van der Waals surface area (Å²) in [6, 6.07) is 18.1. The Kier molecular flexibility index (Phi) is 10.2. The normalized spacial score (nSPS) is 20.5. The molecule has 0 unspecified atom stereocenters. The van der Waals surface area contributed by atoms with Crippen molar-refractivity contribution in [2.45, 2.75) is 70.2 Å². The van der Waals surface area contributed by atoms with Gasteiger partial charge in [-0.2, -0.15) is 0 Å². The predicted molar refractivity (Wildman–Crippen MR) is 126 cm³/mol. The summed E-state index contributed by atoms with van der Waals surface area (Å²) in [5, 5.41) is 10.4. The molecular weight excluding hydrogens is 404 g/mol. The molecule has 174 valence electrons. The number of aliphatic hydroxyl groups is 1. The van der Waals surface area contributed by atoms with Gasteiger partial charge in [0.25, 0.3) is 0 Å². The molecule has 0 saturated carbocycles. The van der Waals surface area contributed by atoms with Crippen LogP contribution in [0.1, 0.15) is 43.7 Å². The molecule has 0 aromatic heterocycles. The number of ether oxygens (including phenoxy) is 4. The van der Waals surface area contributed by atoms with E-state index in [1.54, 1.807) is 7.11 Å². The van der Waals surface area contributed by atoms with Crippen LogP contribution in [-0.4, -0.2) is 43.2 Å². The Labute approximate surface area is 192 Å². The summed E-state index contributed by atoms with van der Waals surface area (Å²) in [5.41, 5.74) is 2.23. The van der Waals surface area contributed by atoms with E-state index in [4.69, 9.17) is 18.9 Å². The Morgan fingerprint density at radius 2 is 1.62 bits per heavy atom. The van der Waals surface area contributed by atoms with Crippen LogP contribution in [0.15, 0.2) is 66.7 Å². The highest BCUT2D eigenvalue weighted by atomic mass is 16.6. The second-order valence-electron chi connectivity index (χ2n) is 8.16. The zero-order valence-corrected chi connectivity index (χ0v) is 19.2. The molecule has 0 amide bonds. The SMILES string of the molecule is CC[C@@H](O)[C@H]1CC=CC[C@H]([C@@H](CCOCc2ccccc2)OCc2ccc(OC)cc2)O1. The van der Waals surface area contributed by atoms with Gasteiger partial charge in [0.2, 0.25) is 0 Å². The van der Waals surface area contributed by atoms with Gasteiger partial charge in [0.1, 0.15) is 5.75 Å². The number of aliphatic hydroxyl groups excluding tert-OH is 1. The summed E-state index contributed by atoms with van der Waals surface area (Å²) in [5.74, 6) is 0.827. The molecule has 0 aliphatic carbocycles. The fourth-order valence-corrected chi connectivity index (χ4v) is 3.81. The van der Waals surface area contributed by atoms with Crippen molar-refractivity contribution in [2.75, 3.05) is 13.7 Å². The van der Waals surface area contributed by atoms with Gasteiger partial charge < -0.3 is 24.1 Å². The first-order valence-corrected chi connectivity index (χ1v) is 11.5. The third-order valence-corrected chi connectivity index (χ3v) is 5.80. The molecule has 5 nitrogen and oxygen atoms in total. The van der Waals surface area contributed by atoms with E-state index in [9.17, 15) is 5.11 Å². The van der Waals surface area contributed by atoms with Crippen molar-refractivity contribution in [3.05, 3.63) is 77.9 Å². The third-order valence-electron chi connectivity index (χ3n) is 5.80. The standard InChI is InChI=1S/C27H36O5/c1-3-24(28)25-11-7-8-12-27(32-25)26(17-18-30-19-21-9-5-4-6-10-21)31-20-22-13-15-23(29-2)16-14-22/h4-10,13-16,24-28H,3,11-12,17-20H2,1-2H3/t24-,25-,26-,27-/m1/s1. The summed E-state index contributed by atoms with van der Waals surface area (Å²) in [4.78, 5) is 0. The van der Waals surface area contributed by atoms with Crippen LogP contribution in [0.5, 0.6) is 5.75 Å². The molecule has 0 bridgehead atoms. The van der Waals surface area contributed by atoms with Gasteiger partial charge in [-0.15, -0.1) is 0 Å². The lowest BCUT2D eigenvalue weighted by Gasteiger charge is -2.31. The first kappa shape index (κ1) is 24.5. The lowest BCUT2D eigenvalue weighted by atomic mass is 10.1. The first-order chi connectivity index (χ1) is 15.7. The van der Waals surface area contributed by atoms with E-state index in [1.165, 1.54) is 0 Å².